The van der Waals surface area contributed by atoms with Crippen LogP contribution in [-0.4, -0.2) is 14.5 Å². The summed E-state index contributed by atoms with van der Waals surface area (Å²) < 4.78 is 15.0. The maximum absolute atomic E-state index is 13.4. The van der Waals surface area contributed by atoms with E-state index in [9.17, 15) is 9.50 Å². The first-order valence-corrected chi connectivity index (χ1v) is 6.45. The zero-order valence-corrected chi connectivity index (χ0v) is 11.4. The van der Waals surface area contributed by atoms with E-state index < -0.39 is 0 Å². The van der Waals surface area contributed by atoms with Crippen molar-refractivity contribution in [1.29, 1.82) is 0 Å². The molecule has 0 fully saturated rings. The average molecular weight is 270 g/mol. The molecule has 0 radical (unpaired) electrons. The summed E-state index contributed by atoms with van der Waals surface area (Å²) in [5, 5.41) is 9.62. The predicted molar refractivity (Wildman–Crippen MR) is 76.0 cm³/mol. The van der Waals surface area contributed by atoms with Gasteiger partial charge in [0.2, 0.25) is 0 Å². The number of aryl methyl sites for hydroxylation is 2. The molecule has 2 aromatic heterocycles. The molecule has 3 aromatic rings. The minimum Gasteiger partial charge on any atom is -0.390 e. The van der Waals surface area contributed by atoms with Gasteiger partial charge in [-0.3, -0.25) is 4.40 Å². The van der Waals surface area contributed by atoms with Crippen molar-refractivity contribution in [2.45, 2.75) is 20.5 Å². The van der Waals surface area contributed by atoms with Crippen LogP contribution in [0.3, 0.4) is 0 Å². The zero-order valence-electron chi connectivity index (χ0n) is 11.4. The van der Waals surface area contributed by atoms with Crippen molar-refractivity contribution in [2.24, 2.45) is 0 Å². The van der Waals surface area contributed by atoms with E-state index in [1.165, 1.54) is 17.8 Å². The number of hydrogen-bond acceptors (Lipinski definition) is 2. The van der Waals surface area contributed by atoms with E-state index in [0.717, 1.165) is 11.1 Å². The summed E-state index contributed by atoms with van der Waals surface area (Å²) in [6, 6.07) is 9.05. The molecule has 0 saturated heterocycles. The Hall–Kier alpha value is -2.20. The van der Waals surface area contributed by atoms with E-state index in [0.29, 0.717) is 17.0 Å². The third kappa shape index (κ3) is 1.98. The largest absolute Gasteiger partial charge is 0.390 e. The molecular weight excluding hydrogens is 255 g/mol. The Kier molecular flexibility index (Phi) is 3.03. The van der Waals surface area contributed by atoms with E-state index in [-0.39, 0.29) is 12.4 Å². The Balaban J connectivity index is 2.30. The van der Waals surface area contributed by atoms with Crippen molar-refractivity contribution in [3.05, 3.63) is 59.2 Å². The van der Waals surface area contributed by atoms with Gasteiger partial charge in [-0.1, -0.05) is 23.8 Å². The number of aliphatic hydroxyl groups is 1. The van der Waals surface area contributed by atoms with Crippen molar-refractivity contribution in [1.82, 2.24) is 9.38 Å². The van der Waals surface area contributed by atoms with Gasteiger partial charge in [-0.05, 0) is 31.5 Å². The summed E-state index contributed by atoms with van der Waals surface area (Å²) in [7, 11) is 0. The van der Waals surface area contributed by atoms with Crippen LogP contribution in [0, 0.1) is 19.7 Å². The topological polar surface area (TPSA) is 37.5 Å². The van der Waals surface area contributed by atoms with Gasteiger partial charge >= 0.3 is 0 Å². The van der Waals surface area contributed by atoms with Crippen LogP contribution >= 0.6 is 0 Å². The Bertz CT molecular complexity index is 793. The van der Waals surface area contributed by atoms with Crippen LogP contribution in [0.5, 0.6) is 0 Å². The van der Waals surface area contributed by atoms with Gasteiger partial charge in [-0.25, -0.2) is 9.37 Å². The Morgan fingerprint density at radius 3 is 2.70 bits per heavy atom. The van der Waals surface area contributed by atoms with E-state index in [1.54, 1.807) is 10.5 Å². The van der Waals surface area contributed by atoms with E-state index in [2.05, 4.69) is 11.1 Å². The molecule has 4 heteroatoms. The van der Waals surface area contributed by atoms with Crippen LogP contribution in [0.15, 0.2) is 36.5 Å². The fourth-order valence-corrected chi connectivity index (χ4v) is 2.51. The van der Waals surface area contributed by atoms with Gasteiger partial charge in [0.1, 0.15) is 11.5 Å². The zero-order chi connectivity index (χ0) is 14.3. The first kappa shape index (κ1) is 12.8. The highest BCUT2D eigenvalue weighted by molar-refractivity contribution is 5.69. The molecular formula is C16H15FN2O. The lowest BCUT2D eigenvalue weighted by atomic mass is 10.0. The first-order chi connectivity index (χ1) is 9.60. The SMILES string of the molecule is Cc1ccc(-c2nc3ccc(F)cn3c2CO)c(C)c1. The number of benzene rings is 1. The molecule has 2 heterocycles. The molecule has 102 valence electrons. The van der Waals surface area contributed by atoms with Crippen LogP contribution in [0.1, 0.15) is 16.8 Å². The summed E-state index contributed by atoms with van der Waals surface area (Å²) in [6.45, 7) is 3.85. The number of hydrogen-bond donors (Lipinski definition) is 1. The lowest BCUT2D eigenvalue weighted by Gasteiger charge is -2.06. The highest BCUT2D eigenvalue weighted by Crippen LogP contribution is 2.28. The number of aliphatic hydroxyl groups excluding tert-OH is 1. The molecule has 0 amide bonds. The van der Waals surface area contributed by atoms with Crippen molar-refractivity contribution < 1.29 is 9.50 Å². The fourth-order valence-electron chi connectivity index (χ4n) is 2.51. The molecule has 0 aliphatic heterocycles. The van der Waals surface area contributed by atoms with Gasteiger partial charge in [0.15, 0.2) is 0 Å². The van der Waals surface area contributed by atoms with Crippen molar-refractivity contribution in [2.75, 3.05) is 0 Å². The van der Waals surface area contributed by atoms with Crippen molar-refractivity contribution >= 4 is 5.65 Å². The number of imidazole rings is 1. The predicted octanol–water partition coefficient (Wildman–Crippen LogP) is 3.25. The van der Waals surface area contributed by atoms with Crippen LogP contribution in [0.25, 0.3) is 16.9 Å². The Morgan fingerprint density at radius 2 is 2.00 bits per heavy atom. The molecule has 0 spiro atoms. The summed E-state index contributed by atoms with van der Waals surface area (Å²) in [6.07, 6.45) is 1.35. The van der Waals surface area contributed by atoms with E-state index in [1.807, 2.05) is 26.0 Å². The third-order valence-corrected chi connectivity index (χ3v) is 3.47. The van der Waals surface area contributed by atoms with Gasteiger partial charge in [0.25, 0.3) is 0 Å². The number of rotatable bonds is 2. The molecule has 0 aliphatic rings. The maximum Gasteiger partial charge on any atom is 0.139 e. The number of pyridine rings is 1. The normalized spacial score (nSPS) is 11.2. The third-order valence-electron chi connectivity index (χ3n) is 3.47. The van der Waals surface area contributed by atoms with Crippen LogP contribution in [0.2, 0.25) is 0 Å². The van der Waals surface area contributed by atoms with Gasteiger partial charge in [-0.2, -0.15) is 0 Å². The summed E-state index contributed by atoms with van der Waals surface area (Å²) in [5.41, 5.74) is 5.16. The Labute approximate surface area is 116 Å². The fraction of sp³-hybridized carbons (Fsp3) is 0.188. The van der Waals surface area contributed by atoms with Crippen LogP contribution < -0.4 is 0 Å². The summed E-state index contributed by atoms with van der Waals surface area (Å²) >= 11 is 0. The second-order valence-corrected chi connectivity index (χ2v) is 4.96. The number of nitrogens with zero attached hydrogens (tertiary/aromatic N) is 2. The van der Waals surface area contributed by atoms with Gasteiger partial charge in [0.05, 0.1) is 18.0 Å². The quantitative estimate of drug-likeness (QED) is 0.776. The molecule has 1 aromatic carbocycles. The number of halogens is 1. The second kappa shape index (κ2) is 4.72. The van der Waals surface area contributed by atoms with E-state index in [4.69, 9.17) is 0 Å². The molecule has 0 atom stereocenters. The lowest BCUT2D eigenvalue weighted by molar-refractivity contribution is 0.276. The van der Waals surface area contributed by atoms with Crippen molar-refractivity contribution in [3.8, 4) is 11.3 Å². The first-order valence-electron chi connectivity index (χ1n) is 6.45. The number of fused-ring (bicyclic) bond motifs is 1. The van der Waals surface area contributed by atoms with Crippen LogP contribution in [0.4, 0.5) is 4.39 Å². The highest BCUT2D eigenvalue weighted by Gasteiger charge is 2.15. The highest BCUT2D eigenvalue weighted by atomic mass is 19.1. The second-order valence-electron chi connectivity index (χ2n) is 4.96. The minimum atomic E-state index is -0.350. The molecule has 1 N–H and O–H groups in total. The summed E-state index contributed by atoms with van der Waals surface area (Å²) in [5.74, 6) is -0.350. The van der Waals surface area contributed by atoms with Crippen LogP contribution in [-0.2, 0) is 6.61 Å². The van der Waals surface area contributed by atoms with Gasteiger partial charge < -0.3 is 5.11 Å². The van der Waals surface area contributed by atoms with E-state index >= 15 is 0 Å². The Morgan fingerprint density at radius 1 is 1.20 bits per heavy atom. The molecule has 20 heavy (non-hydrogen) atoms. The van der Waals surface area contributed by atoms with Gasteiger partial charge in [-0.15, -0.1) is 0 Å². The monoisotopic (exact) mass is 270 g/mol. The molecule has 3 nitrogen and oxygen atoms in total. The van der Waals surface area contributed by atoms with Crippen molar-refractivity contribution in [3.63, 3.8) is 0 Å². The smallest absolute Gasteiger partial charge is 0.139 e. The molecule has 0 saturated carbocycles. The average Bonchev–Trinajstić information content (AvgIpc) is 2.76. The molecule has 0 unspecified atom stereocenters. The molecule has 0 aliphatic carbocycles. The minimum absolute atomic E-state index is 0.187. The maximum atomic E-state index is 13.4. The standard InChI is InChI=1S/C16H15FN2O/c1-10-3-5-13(11(2)7-10)16-14(9-20)19-8-12(17)4-6-15(19)18-16/h3-8,20H,9H2,1-2H3. The molecule has 3 rings (SSSR count). The summed E-state index contributed by atoms with van der Waals surface area (Å²) in [4.78, 5) is 4.52. The van der Waals surface area contributed by atoms with Gasteiger partial charge in [0, 0.05) is 11.8 Å². The molecule has 0 bridgehead atoms. The number of aromatic nitrogens is 2. The lowest BCUT2D eigenvalue weighted by Crippen LogP contribution is -1.96.